The van der Waals surface area contributed by atoms with Gasteiger partial charge < -0.3 is 4.65 Å². The highest BCUT2D eigenvalue weighted by Gasteiger charge is 2.25. The smallest absolute Gasteiger partial charge is 0.388 e. The number of carbonyl (C=O) groups excluding carboxylic acids is 1. The van der Waals surface area contributed by atoms with Crippen LogP contribution >= 0.6 is 0 Å². The minimum atomic E-state index is -0.344. The van der Waals surface area contributed by atoms with E-state index in [0.717, 1.165) is 16.6 Å². The minimum absolute atomic E-state index is 0.0164. The maximum absolute atomic E-state index is 12.2. The Balaban J connectivity index is 2.43. The van der Waals surface area contributed by atoms with Crippen LogP contribution in [0.5, 0.6) is 0 Å². The maximum atomic E-state index is 12.2. The van der Waals surface area contributed by atoms with Crippen molar-refractivity contribution in [3.63, 3.8) is 0 Å². The van der Waals surface area contributed by atoms with Crippen molar-refractivity contribution < 1.29 is 9.45 Å². The number of hydrogen-bond donors (Lipinski definition) is 0. The molecule has 17 heavy (non-hydrogen) atoms. The van der Waals surface area contributed by atoms with Crippen LogP contribution in [0.3, 0.4) is 0 Å². The van der Waals surface area contributed by atoms with Gasteiger partial charge in [0.1, 0.15) is 0 Å². The molecule has 2 nitrogen and oxygen atoms in total. The standard InChI is InChI=1S/C14H17BO2/c1-14(2,3)13(16)11-6-5-10-7-8-17-15(4)12(10)9-11/h5-9H,1-4H3. The van der Waals surface area contributed by atoms with Crippen molar-refractivity contribution in [1.82, 2.24) is 0 Å². The SMILES string of the molecule is CB1OC=Cc2ccc(C(=O)C(C)(C)C)cc21. The summed E-state index contributed by atoms with van der Waals surface area (Å²) < 4.78 is 5.43. The summed E-state index contributed by atoms with van der Waals surface area (Å²) in [6, 6.07) is 5.84. The molecule has 0 fully saturated rings. The number of benzene rings is 1. The van der Waals surface area contributed by atoms with E-state index in [2.05, 4.69) is 0 Å². The summed E-state index contributed by atoms with van der Waals surface area (Å²) in [6.07, 6.45) is 3.64. The van der Waals surface area contributed by atoms with Gasteiger partial charge in [0, 0.05) is 11.0 Å². The molecule has 1 aromatic carbocycles. The van der Waals surface area contributed by atoms with Crippen LogP contribution in [0.1, 0.15) is 36.7 Å². The van der Waals surface area contributed by atoms with E-state index in [4.69, 9.17) is 4.65 Å². The number of hydrogen-bond acceptors (Lipinski definition) is 2. The fraction of sp³-hybridized carbons (Fsp3) is 0.357. The Morgan fingerprint density at radius 3 is 2.65 bits per heavy atom. The van der Waals surface area contributed by atoms with Crippen LogP contribution in [-0.4, -0.2) is 12.7 Å². The third-order valence-corrected chi connectivity index (χ3v) is 3.00. The summed E-state index contributed by atoms with van der Waals surface area (Å²) in [5, 5.41) is 0. The van der Waals surface area contributed by atoms with E-state index in [1.807, 2.05) is 51.9 Å². The fourth-order valence-electron chi connectivity index (χ4n) is 1.96. The molecule has 0 bridgehead atoms. The normalized spacial score (nSPS) is 14.2. The molecule has 0 atom stereocenters. The summed E-state index contributed by atoms with van der Waals surface area (Å²) >= 11 is 0. The van der Waals surface area contributed by atoms with Gasteiger partial charge in [0.05, 0.1) is 6.26 Å². The van der Waals surface area contributed by atoms with Gasteiger partial charge in [-0.3, -0.25) is 4.79 Å². The summed E-state index contributed by atoms with van der Waals surface area (Å²) in [6.45, 7) is 7.83. The van der Waals surface area contributed by atoms with Gasteiger partial charge in [-0.1, -0.05) is 39.0 Å². The van der Waals surface area contributed by atoms with Gasteiger partial charge in [0.25, 0.3) is 0 Å². The molecule has 0 unspecified atom stereocenters. The first-order chi connectivity index (χ1) is 7.89. The van der Waals surface area contributed by atoms with Gasteiger partial charge in [0.2, 0.25) is 0 Å². The van der Waals surface area contributed by atoms with Crippen LogP contribution in [0.2, 0.25) is 6.82 Å². The first-order valence-electron chi connectivity index (χ1n) is 5.90. The number of rotatable bonds is 1. The zero-order valence-corrected chi connectivity index (χ0v) is 10.8. The lowest BCUT2D eigenvalue weighted by Crippen LogP contribution is -2.34. The highest BCUT2D eigenvalue weighted by molar-refractivity contribution is 6.67. The maximum Gasteiger partial charge on any atom is 0.388 e. The van der Waals surface area contributed by atoms with Crippen molar-refractivity contribution in [3.8, 4) is 0 Å². The van der Waals surface area contributed by atoms with Crippen molar-refractivity contribution in [3.05, 3.63) is 35.6 Å². The third-order valence-electron chi connectivity index (χ3n) is 3.00. The molecule has 0 aromatic heterocycles. The molecule has 0 saturated carbocycles. The Morgan fingerprint density at radius 2 is 2.00 bits per heavy atom. The van der Waals surface area contributed by atoms with E-state index >= 15 is 0 Å². The van der Waals surface area contributed by atoms with Crippen molar-refractivity contribution in [1.29, 1.82) is 0 Å². The topological polar surface area (TPSA) is 26.3 Å². The van der Waals surface area contributed by atoms with Crippen molar-refractivity contribution >= 4 is 24.2 Å². The molecule has 1 heterocycles. The minimum Gasteiger partial charge on any atom is -0.561 e. The van der Waals surface area contributed by atoms with Crippen LogP contribution in [0.15, 0.2) is 24.5 Å². The first-order valence-corrected chi connectivity index (χ1v) is 5.90. The second-order valence-electron chi connectivity index (χ2n) is 5.50. The molecule has 0 N–H and O–H groups in total. The highest BCUT2D eigenvalue weighted by Crippen LogP contribution is 2.21. The average Bonchev–Trinajstić information content (AvgIpc) is 2.27. The largest absolute Gasteiger partial charge is 0.561 e. The molecule has 0 saturated heterocycles. The molecular weight excluding hydrogens is 211 g/mol. The van der Waals surface area contributed by atoms with E-state index in [-0.39, 0.29) is 18.1 Å². The summed E-state index contributed by atoms with van der Waals surface area (Å²) in [4.78, 5) is 12.2. The van der Waals surface area contributed by atoms with E-state index in [0.29, 0.717) is 0 Å². The third kappa shape index (κ3) is 2.28. The Kier molecular flexibility index (Phi) is 2.86. The van der Waals surface area contributed by atoms with Crippen molar-refractivity contribution in [2.75, 3.05) is 0 Å². The van der Waals surface area contributed by atoms with Crippen LogP contribution in [0.4, 0.5) is 0 Å². The molecule has 3 heteroatoms. The highest BCUT2D eigenvalue weighted by atomic mass is 16.4. The predicted octanol–water partition coefficient (Wildman–Crippen LogP) is 2.74. The quantitative estimate of drug-likeness (QED) is 0.545. The van der Waals surface area contributed by atoms with Crippen LogP contribution in [0, 0.1) is 5.41 Å². The second kappa shape index (κ2) is 4.06. The Bertz CT molecular complexity index is 483. The Hall–Kier alpha value is -1.51. The predicted molar refractivity (Wildman–Crippen MR) is 71.6 cm³/mol. The fourth-order valence-corrected chi connectivity index (χ4v) is 1.96. The van der Waals surface area contributed by atoms with Crippen LogP contribution in [0.25, 0.3) is 6.08 Å². The van der Waals surface area contributed by atoms with Gasteiger partial charge in [-0.25, -0.2) is 0 Å². The summed E-state index contributed by atoms with van der Waals surface area (Å²) in [5.41, 5.74) is 2.64. The van der Waals surface area contributed by atoms with Gasteiger partial charge >= 0.3 is 6.92 Å². The zero-order valence-electron chi connectivity index (χ0n) is 10.8. The van der Waals surface area contributed by atoms with Crippen LogP contribution in [-0.2, 0) is 4.65 Å². The monoisotopic (exact) mass is 228 g/mol. The Morgan fingerprint density at radius 1 is 1.29 bits per heavy atom. The van der Waals surface area contributed by atoms with Crippen LogP contribution < -0.4 is 5.46 Å². The molecule has 0 spiro atoms. The lowest BCUT2D eigenvalue weighted by atomic mass is 9.60. The molecular formula is C14H17BO2. The lowest BCUT2D eigenvalue weighted by molar-refractivity contribution is 0.0858. The molecule has 1 aliphatic heterocycles. The van der Waals surface area contributed by atoms with E-state index in [9.17, 15) is 4.79 Å². The van der Waals surface area contributed by atoms with Crippen molar-refractivity contribution in [2.45, 2.75) is 27.6 Å². The number of carbonyl (C=O) groups is 1. The number of Topliss-reactive ketones (excluding diaryl/α,β-unsaturated/α-hetero) is 1. The molecule has 2 rings (SSSR count). The van der Waals surface area contributed by atoms with Gasteiger partial charge in [-0.05, 0) is 23.9 Å². The zero-order chi connectivity index (χ0) is 12.6. The van der Waals surface area contributed by atoms with E-state index in [1.54, 1.807) is 6.26 Å². The first kappa shape index (κ1) is 12.0. The number of fused-ring (bicyclic) bond motifs is 1. The Labute approximate surface area is 103 Å². The molecule has 0 aliphatic carbocycles. The number of ketones is 1. The van der Waals surface area contributed by atoms with Gasteiger partial charge in [0.15, 0.2) is 5.78 Å². The van der Waals surface area contributed by atoms with E-state index < -0.39 is 0 Å². The van der Waals surface area contributed by atoms with Gasteiger partial charge in [-0.2, -0.15) is 0 Å². The second-order valence-corrected chi connectivity index (χ2v) is 5.50. The molecule has 1 aromatic rings. The summed E-state index contributed by atoms with van der Waals surface area (Å²) in [5.74, 6) is 0.169. The molecule has 0 amide bonds. The molecule has 0 radical (unpaired) electrons. The molecule has 88 valence electrons. The molecule has 1 aliphatic rings. The van der Waals surface area contributed by atoms with Gasteiger partial charge in [-0.15, -0.1) is 0 Å². The van der Waals surface area contributed by atoms with Crippen molar-refractivity contribution in [2.24, 2.45) is 5.41 Å². The van der Waals surface area contributed by atoms with E-state index in [1.165, 1.54) is 0 Å². The lowest BCUT2D eigenvalue weighted by Gasteiger charge is -2.20. The summed E-state index contributed by atoms with van der Waals surface area (Å²) in [7, 11) is 0. The average molecular weight is 228 g/mol.